The van der Waals surface area contributed by atoms with Crippen molar-refractivity contribution in [3.05, 3.63) is 99.8 Å². The Morgan fingerprint density at radius 2 is 1.57 bits per heavy atom. The molecule has 10 heteroatoms. The molecule has 0 atom stereocenters. The molecular formula is C25H17N5O5. The van der Waals surface area contributed by atoms with E-state index in [0.29, 0.717) is 5.82 Å². The molecule has 0 unspecified atom stereocenters. The maximum absolute atomic E-state index is 12.7. The van der Waals surface area contributed by atoms with Crippen LogP contribution in [-0.4, -0.2) is 47.3 Å². The van der Waals surface area contributed by atoms with E-state index in [9.17, 15) is 24.6 Å². The van der Waals surface area contributed by atoms with Crippen LogP contribution in [0.1, 0.15) is 26.3 Å². The van der Waals surface area contributed by atoms with Crippen molar-refractivity contribution in [1.29, 1.82) is 0 Å². The zero-order valence-corrected chi connectivity index (χ0v) is 18.0. The van der Waals surface area contributed by atoms with Crippen LogP contribution < -0.4 is 5.43 Å². The summed E-state index contributed by atoms with van der Waals surface area (Å²) in [5, 5.41) is 33.2. The molecule has 5 aromatic rings. The van der Waals surface area contributed by atoms with Crippen LogP contribution >= 0.6 is 0 Å². The summed E-state index contributed by atoms with van der Waals surface area (Å²) in [4.78, 5) is 36.2. The second kappa shape index (κ2) is 8.67. The minimum atomic E-state index is -1.37. The monoisotopic (exact) mass is 467 g/mol. The lowest BCUT2D eigenvalue weighted by molar-refractivity contribution is 0.0687. The number of nitrogens with one attached hydrogen (secondary N) is 1. The number of aromatic carboxylic acids is 2. The Balaban J connectivity index is 1.58. The lowest BCUT2D eigenvalue weighted by Gasteiger charge is -2.15. The zero-order valence-electron chi connectivity index (χ0n) is 18.0. The first-order chi connectivity index (χ1) is 16.9. The summed E-state index contributed by atoms with van der Waals surface area (Å²) in [6, 6.07) is 19.4. The van der Waals surface area contributed by atoms with Gasteiger partial charge >= 0.3 is 11.9 Å². The van der Waals surface area contributed by atoms with Gasteiger partial charge in [0.05, 0.1) is 11.1 Å². The lowest BCUT2D eigenvalue weighted by Crippen LogP contribution is -2.20. The summed E-state index contributed by atoms with van der Waals surface area (Å²) < 4.78 is 1.49. The van der Waals surface area contributed by atoms with Gasteiger partial charge in [-0.15, -0.1) is 5.10 Å². The molecule has 2 heterocycles. The molecule has 5 rings (SSSR count). The maximum Gasteiger partial charge on any atom is 0.341 e. The zero-order chi connectivity index (χ0) is 24.5. The number of aromatic amines is 1. The van der Waals surface area contributed by atoms with Crippen LogP contribution in [0.3, 0.4) is 0 Å². The summed E-state index contributed by atoms with van der Waals surface area (Å²) in [6.45, 7) is 0.162. The summed E-state index contributed by atoms with van der Waals surface area (Å²) in [6.07, 6.45) is 1.19. The van der Waals surface area contributed by atoms with Gasteiger partial charge in [-0.2, -0.15) is 0 Å². The van der Waals surface area contributed by atoms with Crippen LogP contribution in [0, 0.1) is 0 Å². The van der Waals surface area contributed by atoms with Gasteiger partial charge in [-0.05, 0) is 39.2 Å². The van der Waals surface area contributed by atoms with Gasteiger partial charge in [0.15, 0.2) is 5.82 Å². The molecule has 3 aromatic carbocycles. The Hall–Kier alpha value is -5.12. The van der Waals surface area contributed by atoms with Gasteiger partial charge in [0, 0.05) is 23.7 Å². The quantitative estimate of drug-likeness (QED) is 0.344. The van der Waals surface area contributed by atoms with Crippen molar-refractivity contribution >= 4 is 22.8 Å². The highest BCUT2D eigenvalue weighted by atomic mass is 16.4. The highest BCUT2D eigenvalue weighted by Crippen LogP contribution is 2.30. The predicted octanol–water partition coefficient (Wildman–Crippen LogP) is 3.29. The third-order valence-corrected chi connectivity index (χ3v) is 5.70. The number of carbonyl (C=O) groups is 2. The van der Waals surface area contributed by atoms with Crippen LogP contribution in [0.15, 0.2) is 77.7 Å². The van der Waals surface area contributed by atoms with Crippen molar-refractivity contribution < 1.29 is 19.8 Å². The Kier molecular flexibility index (Phi) is 5.38. The van der Waals surface area contributed by atoms with Gasteiger partial charge in [0.1, 0.15) is 5.56 Å². The number of tetrazole rings is 1. The molecule has 172 valence electrons. The van der Waals surface area contributed by atoms with Crippen molar-refractivity contribution in [2.75, 3.05) is 0 Å². The smallest absolute Gasteiger partial charge is 0.341 e. The molecule has 10 nitrogen and oxygen atoms in total. The average Bonchev–Trinajstić information content (AvgIpc) is 3.40. The molecule has 3 N–H and O–H groups in total. The number of fused-ring (bicyclic) bond motifs is 1. The van der Waals surface area contributed by atoms with Crippen molar-refractivity contribution in [1.82, 2.24) is 25.2 Å². The third-order valence-electron chi connectivity index (χ3n) is 5.70. The summed E-state index contributed by atoms with van der Waals surface area (Å²) >= 11 is 0. The summed E-state index contributed by atoms with van der Waals surface area (Å²) in [5.41, 5.74) is 2.37. The molecule has 0 spiro atoms. The van der Waals surface area contributed by atoms with E-state index in [2.05, 4.69) is 20.6 Å². The van der Waals surface area contributed by atoms with Crippen molar-refractivity contribution in [3.8, 4) is 22.5 Å². The number of carboxylic acids is 2. The van der Waals surface area contributed by atoms with E-state index in [1.165, 1.54) is 29.0 Å². The van der Waals surface area contributed by atoms with Gasteiger partial charge in [0.25, 0.3) is 0 Å². The normalized spacial score (nSPS) is 11.0. The van der Waals surface area contributed by atoms with Gasteiger partial charge in [-0.1, -0.05) is 54.6 Å². The first-order valence-electron chi connectivity index (χ1n) is 10.5. The molecule has 0 saturated heterocycles. The highest BCUT2D eigenvalue weighted by Gasteiger charge is 2.19. The van der Waals surface area contributed by atoms with Gasteiger partial charge in [0.2, 0.25) is 5.43 Å². The number of aromatic nitrogens is 5. The average molecular weight is 467 g/mol. The predicted molar refractivity (Wildman–Crippen MR) is 126 cm³/mol. The molecule has 35 heavy (non-hydrogen) atoms. The number of nitrogens with zero attached hydrogens (tertiary/aromatic N) is 4. The van der Waals surface area contributed by atoms with E-state index < -0.39 is 22.9 Å². The Labute approximate surface area is 197 Å². The molecule has 0 aliphatic heterocycles. The van der Waals surface area contributed by atoms with E-state index >= 15 is 0 Å². The number of hydrogen-bond donors (Lipinski definition) is 3. The highest BCUT2D eigenvalue weighted by molar-refractivity contribution is 6.03. The fourth-order valence-corrected chi connectivity index (χ4v) is 4.11. The number of hydrogen-bond acceptors (Lipinski definition) is 6. The molecule has 0 fully saturated rings. The molecule has 0 aliphatic rings. The van der Waals surface area contributed by atoms with E-state index in [4.69, 9.17) is 0 Å². The lowest BCUT2D eigenvalue weighted by atomic mass is 9.98. The molecule has 0 aliphatic carbocycles. The maximum atomic E-state index is 12.7. The fourth-order valence-electron chi connectivity index (χ4n) is 4.11. The summed E-state index contributed by atoms with van der Waals surface area (Å²) in [7, 11) is 0. The molecule has 2 aromatic heterocycles. The number of rotatable bonds is 6. The first kappa shape index (κ1) is 21.7. The van der Waals surface area contributed by atoms with Crippen LogP contribution in [-0.2, 0) is 6.54 Å². The van der Waals surface area contributed by atoms with Crippen molar-refractivity contribution in [2.45, 2.75) is 6.54 Å². The summed E-state index contributed by atoms with van der Waals surface area (Å²) in [5.74, 6) is -2.05. The van der Waals surface area contributed by atoms with Crippen molar-refractivity contribution in [2.24, 2.45) is 0 Å². The van der Waals surface area contributed by atoms with E-state index in [1.807, 2.05) is 48.5 Å². The van der Waals surface area contributed by atoms with Crippen LogP contribution in [0.4, 0.5) is 0 Å². The fraction of sp³-hybridized carbons (Fsp3) is 0.0400. The third kappa shape index (κ3) is 3.93. The molecule has 0 radical (unpaired) electrons. The number of H-pyrrole nitrogens is 1. The Morgan fingerprint density at radius 1 is 0.857 bits per heavy atom. The van der Waals surface area contributed by atoms with Crippen LogP contribution in [0.25, 0.3) is 33.4 Å². The number of carboxylic acid groups (broad SMARTS) is 2. The largest absolute Gasteiger partial charge is 0.478 e. The van der Waals surface area contributed by atoms with E-state index in [1.54, 1.807) is 0 Å². The van der Waals surface area contributed by atoms with Gasteiger partial charge in [-0.25, -0.2) is 14.7 Å². The van der Waals surface area contributed by atoms with E-state index in [-0.39, 0.29) is 23.0 Å². The van der Waals surface area contributed by atoms with Gasteiger partial charge < -0.3 is 14.8 Å². The van der Waals surface area contributed by atoms with E-state index in [0.717, 1.165) is 22.3 Å². The van der Waals surface area contributed by atoms with Crippen LogP contribution in [0.2, 0.25) is 0 Å². The molecule has 0 amide bonds. The molecule has 0 bridgehead atoms. The standard InChI is InChI=1S/C25H17N5O5/c31-22-18-6-3-7-19(24(32)33)21(18)30(13-20(22)25(34)35)12-14-8-10-15(11-9-14)16-4-1-2-5-17(16)23-26-28-29-27-23/h1-11,13H,12H2,(H,32,33)(H,34,35)(H,26,27,28,29). The minimum Gasteiger partial charge on any atom is -0.478 e. The minimum absolute atomic E-state index is 0.0380. The molecule has 0 saturated carbocycles. The van der Waals surface area contributed by atoms with Gasteiger partial charge in [-0.3, -0.25) is 4.79 Å². The number of benzene rings is 3. The Morgan fingerprint density at radius 3 is 2.23 bits per heavy atom. The topological polar surface area (TPSA) is 151 Å². The van der Waals surface area contributed by atoms with Crippen LogP contribution in [0.5, 0.6) is 0 Å². The second-order valence-corrected chi connectivity index (χ2v) is 7.80. The SMILES string of the molecule is O=C(O)c1cn(Cc2ccc(-c3ccccc3-c3nnn[nH]3)cc2)c2c(C(=O)O)cccc2c1=O. The first-order valence-corrected chi connectivity index (χ1v) is 10.5. The second-order valence-electron chi connectivity index (χ2n) is 7.80. The molecular weight excluding hydrogens is 450 g/mol. The number of para-hydroxylation sites is 1. The Bertz CT molecular complexity index is 1640. The number of pyridine rings is 1. The van der Waals surface area contributed by atoms with Crippen molar-refractivity contribution in [3.63, 3.8) is 0 Å².